The van der Waals surface area contributed by atoms with Crippen molar-refractivity contribution in [2.24, 2.45) is 0 Å². The molecule has 2 heteroatoms. The third-order valence-corrected chi connectivity index (χ3v) is 0.337. The Hall–Kier alpha value is -0.660. The van der Waals surface area contributed by atoms with Crippen LogP contribution in [0.15, 0.2) is 6.26 Å². The lowest BCUT2D eigenvalue weighted by molar-refractivity contribution is 0.345. The number of rotatable bonds is 0. The molecule has 1 aliphatic rings. The zero-order chi connectivity index (χ0) is 3.54. The fourth-order valence-corrected chi connectivity index (χ4v) is 0.170. The number of hydrogen-bond donors (Lipinski definition) is 1. The van der Waals surface area contributed by atoms with Crippen LogP contribution in [0.25, 0.3) is 0 Å². The molecule has 2 nitrogen and oxygen atoms in total. The highest BCUT2D eigenvalue weighted by molar-refractivity contribution is 4.71. The summed E-state index contributed by atoms with van der Waals surface area (Å²) in [5, 5.41) is 2.57. The van der Waals surface area contributed by atoms with E-state index in [-0.39, 0.29) is 0 Å². The molecule has 1 aliphatic heterocycles. The number of ether oxygens (including phenoxy) is 1. The molecule has 1 rings (SSSR count). The molecule has 0 amide bonds. The summed E-state index contributed by atoms with van der Waals surface area (Å²) in [6.07, 6.45) is 4.01. The van der Waals surface area contributed by atoms with E-state index in [9.17, 15) is 0 Å². The van der Waals surface area contributed by atoms with E-state index in [1.165, 1.54) is 13.0 Å². The predicted molar refractivity (Wildman–Crippen MR) is 16.3 cm³/mol. The second-order valence-electron chi connectivity index (χ2n) is 0.660. The first kappa shape index (κ1) is 2.57. The Labute approximate surface area is 30.4 Å². The van der Waals surface area contributed by atoms with Gasteiger partial charge in [-0.05, 0) is 0 Å². The molecule has 0 bridgehead atoms. The third kappa shape index (κ3) is 0.318. The highest BCUT2D eigenvalue weighted by Gasteiger charge is 1.83. The highest BCUT2D eigenvalue weighted by Crippen LogP contribution is 1.83. The standard InChI is InChI=1S/C3H3NO/c1-2-5-3-4-1/h2-4H. The molecule has 0 aliphatic carbocycles. The van der Waals surface area contributed by atoms with Crippen LogP contribution < -0.4 is 5.32 Å². The van der Waals surface area contributed by atoms with Crippen LogP contribution in [0.1, 0.15) is 0 Å². The lowest BCUT2D eigenvalue weighted by Crippen LogP contribution is -1.91. The molecular formula is C3H3NO. The Morgan fingerprint density at radius 1 is 1.80 bits per heavy atom. The van der Waals surface area contributed by atoms with Crippen molar-refractivity contribution in [2.75, 3.05) is 0 Å². The Morgan fingerprint density at radius 2 is 2.80 bits per heavy atom. The van der Waals surface area contributed by atoms with Gasteiger partial charge < -0.3 is 10.1 Å². The lowest BCUT2D eigenvalue weighted by atomic mass is 11.0. The van der Waals surface area contributed by atoms with Crippen molar-refractivity contribution >= 4 is 0 Å². The number of nitrogens with one attached hydrogen (secondary N) is 1. The molecule has 0 saturated heterocycles. The van der Waals surface area contributed by atoms with Crippen LogP contribution in [0.3, 0.4) is 0 Å². The maximum Gasteiger partial charge on any atom is 0.225 e. The molecule has 1 heterocycles. The van der Waals surface area contributed by atoms with Gasteiger partial charge in [0.2, 0.25) is 6.73 Å². The molecular weight excluding hydrogens is 66.0 g/mol. The summed E-state index contributed by atoms with van der Waals surface area (Å²) < 4.78 is 4.47. The first-order valence-electron chi connectivity index (χ1n) is 1.30. The molecule has 0 aromatic rings. The summed E-state index contributed by atoms with van der Waals surface area (Å²) in [7, 11) is 0. The van der Waals surface area contributed by atoms with E-state index in [1.54, 1.807) is 0 Å². The zero-order valence-electron chi connectivity index (χ0n) is 2.56. The minimum Gasteiger partial charge on any atom is -0.470 e. The fourth-order valence-electron chi connectivity index (χ4n) is 0.170. The van der Waals surface area contributed by atoms with Crippen molar-refractivity contribution in [1.82, 2.24) is 5.32 Å². The molecule has 0 atom stereocenters. The van der Waals surface area contributed by atoms with Crippen LogP contribution in [0, 0.1) is 12.9 Å². The lowest BCUT2D eigenvalue weighted by Gasteiger charge is -1.79. The molecule has 0 aromatic heterocycles. The van der Waals surface area contributed by atoms with E-state index >= 15 is 0 Å². The van der Waals surface area contributed by atoms with Crippen LogP contribution in [0.4, 0.5) is 0 Å². The van der Waals surface area contributed by atoms with Crippen LogP contribution in [-0.2, 0) is 4.74 Å². The van der Waals surface area contributed by atoms with Crippen LogP contribution in [0.5, 0.6) is 0 Å². The zero-order valence-corrected chi connectivity index (χ0v) is 2.56. The van der Waals surface area contributed by atoms with E-state index in [0.717, 1.165) is 0 Å². The van der Waals surface area contributed by atoms with Gasteiger partial charge in [0.25, 0.3) is 0 Å². The van der Waals surface area contributed by atoms with Crippen molar-refractivity contribution in [3.63, 3.8) is 0 Å². The van der Waals surface area contributed by atoms with E-state index in [2.05, 4.69) is 16.3 Å². The van der Waals surface area contributed by atoms with E-state index < -0.39 is 0 Å². The van der Waals surface area contributed by atoms with E-state index in [4.69, 9.17) is 0 Å². The topological polar surface area (TPSA) is 21.3 Å². The van der Waals surface area contributed by atoms with Gasteiger partial charge in [0, 0.05) is 0 Å². The normalized spacial score (nSPS) is 17.6. The molecule has 26 valence electrons. The van der Waals surface area contributed by atoms with E-state index in [1.807, 2.05) is 0 Å². The van der Waals surface area contributed by atoms with E-state index in [0.29, 0.717) is 0 Å². The minimum atomic E-state index is 1.44. The summed E-state index contributed by atoms with van der Waals surface area (Å²) in [6, 6.07) is 0. The Kier molecular flexibility index (Phi) is 0.499. The maximum absolute atomic E-state index is 4.47. The average Bonchev–Trinajstić information content (AvgIpc) is 1.76. The summed E-state index contributed by atoms with van der Waals surface area (Å²) in [5.74, 6) is 0. The van der Waals surface area contributed by atoms with Crippen LogP contribution in [-0.4, -0.2) is 0 Å². The summed E-state index contributed by atoms with van der Waals surface area (Å²) in [6.45, 7) is 1.44. The van der Waals surface area contributed by atoms with Gasteiger partial charge in [0.15, 0.2) is 0 Å². The smallest absolute Gasteiger partial charge is 0.225 e. The van der Waals surface area contributed by atoms with Crippen molar-refractivity contribution < 1.29 is 4.74 Å². The average molecular weight is 69.1 g/mol. The Bertz CT molecular complexity index is 44.9. The molecule has 0 unspecified atom stereocenters. The molecule has 2 radical (unpaired) electrons. The molecule has 0 saturated carbocycles. The first-order chi connectivity index (χ1) is 2.50. The molecule has 1 N–H and O–H groups in total. The largest absolute Gasteiger partial charge is 0.470 e. The van der Waals surface area contributed by atoms with Gasteiger partial charge in [-0.1, -0.05) is 0 Å². The van der Waals surface area contributed by atoms with Gasteiger partial charge in [-0.2, -0.15) is 0 Å². The minimum absolute atomic E-state index is 1.44. The van der Waals surface area contributed by atoms with Crippen molar-refractivity contribution in [3.8, 4) is 0 Å². The van der Waals surface area contributed by atoms with Gasteiger partial charge in [0.1, 0.15) is 6.26 Å². The quantitative estimate of drug-likeness (QED) is 0.432. The van der Waals surface area contributed by atoms with Gasteiger partial charge >= 0.3 is 0 Å². The van der Waals surface area contributed by atoms with Crippen molar-refractivity contribution in [3.05, 3.63) is 19.2 Å². The molecule has 0 aromatic carbocycles. The summed E-state index contributed by atoms with van der Waals surface area (Å²) in [4.78, 5) is 0. The fraction of sp³-hybridized carbons (Fsp3) is 0. The highest BCUT2D eigenvalue weighted by atomic mass is 16.5. The predicted octanol–water partition coefficient (Wildman–Crippen LogP) is -0.000120. The van der Waals surface area contributed by atoms with Gasteiger partial charge in [-0.3, -0.25) is 0 Å². The van der Waals surface area contributed by atoms with Gasteiger partial charge in [-0.25, -0.2) is 0 Å². The Morgan fingerprint density at radius 3 is 3.00 bits per heavy atom. The first-order valence-corrected chi connectivity index (χ1v) is 1.30. The summed E-state index contributed by atoms with van der Waals surface area (Å²) >= 11 is 0. The van der Waals surface area contributed by atoms with Gasteiger partial charge in [-0.15, -0.1) is 0 Å². The second-order valence-corrected chi connectivity index (χ2v) is 0.660. The van der Waals surface area contributed by atoms with Crippen molar-refractivity contribution in [2.45, 2.75) is 0 Å². The van der Waals surface area contributed by atoms with Crippen LogP contribution >= 0.6 is 0 Å². The monoisotopic (exact) mass is 69.0 g/mol. The van der Waals surface area contributed by atoms with Gasteiger partial charge in [0.05, 0.1) is 6.20 Å². The second kappa shape index (κ2) is 0.971. The van der Waals surface area contributed by atoms with Crippen molar-refractivity contribution in [1.29, 1.82) is 0 Å². The Balaban J connectivity index is 2.32. The molecule has 0 spiro atoms. The molecule has 5 heavy (non-hydrogen) atoms. The summed E-state index contributed by atoms with van der Waals surface area (Å²) in [5.41, 5.74) is 0. The SMILES string of the molecule is [C]1=CO[CH]N1. The number of hydrogen-bond acceptors (Lipinski definition) is 2. The molecule has 0 fully saturated rings. The maximum atomic E-state index is 4.47. The third-order valence-electron chi connectivity index (χ3n) is 0.337. The van der Waals surface area contributed by atoms with Crippen LogP contribution in [0.2, 0.25) is 0 Å².